The van der Waals surface area contributed by atoms with E-state index in [9.17, 15) is 4.79 Å². The number of carbonyl (C=O) groups is 1. The molecule has 0 heterocycles. The van der Waals surface area contributed by atoms with Crippen LogP contribution in [0.2, 0.25) is 0 Å². The molecule has 0 radical (unpaired) electrons. The summed E-state index contributed by atoms with van der Waals surface area (Å²) in [4.78, 5) is 12.0. The van der Waals surface area contributed by atoms with Crippen molar-refractivity contribution in [3.8, 4) is 5.75 Å². The van der Waals surface area contributed by atoms with E-state index in [2.05, 4.69) is 5.32 Å². The third kappa shape index (κ3) is 3.43. The minimum Gasteiger partial charge on any atom is -0.481 e. The molecule has 1 fully saturated rings. The van der Waals surface area contributed by atoms with Crippen molar-refractivity contribution in [2.45, 2.75) is 31.9 Å². The topological polar surface area (TPSA) is 64.3 Å². The highest BCUT2D eigenvalue weighted by molar-refractivity contribution is 7.80. The number of hydrogen-bond acceptors (Lipinski definition) is 3. The zero-order valence-electron chi connectivity index (χ0n) is 10.2. The fourth-order valence-electron chi connectivity index (χ4n) is 1.53. The lowest BCUT2D eigenvalue weighted by molar-refractivity contribution is -0.127. The summed E-state index contributed by atoms with van der Waals surface area (Å²) in [6.45, 7) is 1.73. The lowest BCUT2D eigenvalue weighted by Crippen LogP contribution is -2.37. The molecule has 0 aliphatic heterocycles. The highest BCUT2D eigenvalue weighted by atomic mass is 32.1. The predicted molar refractivity (Wildman–Crippen MR) is 73.6 cm³/mol. The maximum absolute atomic E-state index is 11.7. The van der Waals surface area contributed by atoms with Gasteiger partial charge in [0.15, 0.2) is 6.10 Å². The van der Waals surface area contributed by atoms with Crippen LogP contribution >= 0.6 is 12.2 Å². The lowest BCUT2D eigenvalue weighted by atomic mass is 10.2. The van der Waals surface area contributed by atoms with Crippen LogP contribution in [0.3, 0.4) is 0 Å². The van der Waals surface area contributed by atoms with Gasteiger partial charge in [-0.05, 0) is 31.9 Å². The Balaban J connectivity index is 1.96. The highest BCUT2D eigenvalue weighted by Crippen LogP contribution is 2.19. The van der Waals surface area contributed by atoms with Crippen molar-refractivity contribution in [3.05, 3.63) is 29.8 Å². The molecular formula is C13H16N2O2S. The van der Waals surface area contributed by atoms with E-state index in [1.54, 1.807) is 25.1 Å². The van der Waals surface area contributed by atoms with Crippen molar-refractivity contribution in [1.82, 2.24) is 5.32 Å². The predicted octanol–water partition coefficient (Wildman–Crippen LogP) is 1.37. The smallest absolute Gasteiger partial charge is 0.260 e. The molecule has 96 valence electrons. The molecule has 1 aromatic carbocycles. The van der Waals surface area contributed by atoms with E-state index in [4.69, 9.17) is 22.7 Å². The van der Waals surface area contributed by atoms with E-state index >= 15 is 0 Å². The zero-order valence-corrected chi connectivity index (χ0v) is 11.0. The SMILES string of the molecule is CC(Oc1cccc(C(N)=S)c1)C(=O)NC1CC1. The number of ether oxygens (including phenoxy) is 1. The number of amides is 1. The Morgan fingerprint density at radius 3 is 2.89 bits per heavy atom. The second kappa shape index (κ2) is 5.35. The molecule has 2 rings (SSSR count). The molecule has 18 heavy (non-hydrogen) atoms. The van der Waals surface area contributed by atoms with Crippen LogP contribution in [-0.2, 0) is 4.79 Å². The van der Waals surface area contributed by atoms with E-state index in [1.807, 2.05) is 6.07 Å². The molecule has 0 bridgehead atoms. The fourth-order valence-corrected chi connectivity index (χ4v) is 1.65. The number of rotatable bonds is 5. The van der Waals surface area contributed by atoms with Crippen LogP contribution in [0.1, 0.15) is 25.3 Å². The van der Waals surface area contributed by atoms with Crippen molar-refractivity contribution < 1.29 is 9.53 Å². The second-order valence-electron chi connectivity index (χ2n) is 4.44. The van der Waals surface area contributed by atoms with Gasteiger partial charge in [0.05, 0.1) is 0 Å². The van der Waals surface area contributed by atoms with Gasteiger partial charge in [0.25, 0.3) is 5.91 Å². The summed E-state index contributed by atoms with van der Waals surface area (Å²) < 4.78 is 5.57. The summed E-state index contributed by atoms with van der Waals surface area (Å²) in [6.07, 6.45) is 1.61. The summed E-state index contributed by atoms with van der Waals surface area (Å²) in [5.74, 6) is 0.511. The van der Waals surface area contributed by atoms with Gasteiger partial charge in [-0.2, -0.15) is 0 Å². The van der Waals surface area contributed by atoms with Gasteiger partial charge in [-0.25, -0.2) is 0 Å². The molecule has 1 aliphatic rings. The summed E-state index contributed by atoms with van der Waals surface area (Å²) in [5, 5.41) is 2.90. The largest absolute Gasteiger partial charge is 0.481 e. The Bertz CT molecular complexity index is 472. The number of nitrogens with two attached hydrogens (primary N) is 1. The van der Waals surface area contributed by atoms with Crippen molar-refractivity contribution in [1.29, 1.82) is 0 Å². The quantitative estimate of drug-likeness (QED) is 0.788. The van der Waals surface area contributed by atoms with Crippen LogP contribution in [0, 0.1) is 0 Å². The molecule has 3 N–H and O–H groups in total. The summed E-state index contributed by atoms with van der Waals surface area (Å²) in [7, 11) is 0. The van der Waals surface area contributed by atoms with Gasteiger partial charge in [0.2, 0.25) is 0 Å². The van der Waals surface area contributed by atoms with Crippen LogP contribution in [-0.4, -0.2) is 23.0 Å². The number of hydrogen-bond donors (Lipinski definition) is 2. The molecule has 0 aromatic heterocycles. The Morgan fingerprint density at radius 2 is 2.28 bits per heavy atom. The van der Waals surface area contributed by atoms with E-state index in [0.717, 1.165) is 18.4 Å². The Hall–Kier alpha value is -1.62. The fraction of sp³-hybridized carbons (Fsp3) is 0.385. The van der Waals surface area contributed by atoms with Crippen LogP contribution in [0.15, 0.2) is 24.3 Å². The standard InChI is InChI=1S/C13H16N2O2S/c1-8(13(16)15-10-5-6-10)17-11-4-2-3-9(7-11)12(14)18/h2-4,7-8,10H,5-6H2,1H3,(H2,14,18)(H,15,16). The summed E-state index contributed by atoms with van der Waals surface area (Å²) >= 11 is 4.90. The first-order valence-electron chi connectivity index (χ1n) is 5.93. The van der Waals surface area contributed by atoms with E-state index in [1.165, 1.54) is 0 Å². The van der Waals surface area contributed by atoms with Gasteiger partial charge in [-0.1, -0.05) is 24.4 Å². The second-order valence-corrected chi connectivity index (χ2v) is 4.87. The van der Waals surface area contributed by atoms with Crippen LogP contribution < -0.4 is 15.8 Å². The van der Waals surface area contributed by atoms with Crippen molar-refractivity contribution in [2.24, 2.45) is 5.73 Å². The molecular weight excluding hydrogens is 248 g/mol. The van der Waals surface area contributed by atoms with Gasteiger partial charge in [-0.3, -0.25) is 4.79 Å². The number of thiocarbonyl (C=S) groups is 1. The first-order chi connectivity index (χ1) is 8.56. The van der Waals surface area contributed by atoms with Gasteiger partial charge in [0, 0.05) is 11.6 Å². The van der Waals surface area contributed by atoms with Crippen molar-refractivity contribution in [2.75, 3.05) is 0 Å². The van der Waals surface area contributed by atoms with Crippen LogP contribution in [0.5, 0.6) is 5.75 Å². The number of carbonyl (C=O) groups excluding carboxylic acids is 1. The Labute approximate surface area is 112 Å². The van der Waals surface area contributed by atoms with Crippen LogP contribution in [0.4, 0.5) is 0 Å². The van der Waals surface area contributed by atoms with E-state index in [-0.39, 0.29) is 5.91 Å². The molecule has 1 amide bonds. The average molecular weight is 264 g/mol. The number of nitrogens with one attached hydrogen (secondary N) is 1. The molecule has 1 saturated carbocycles. The molecule has 0 saturated heterocycles. The van der Waals surface area contributed by atoms with Gasteiger partial charge in [0.1, 0.15) is 10.7 Å². The summed E-state index contributed by atoms with van der Waals surface area (Å²) in [5.41, 5.74) is 6.28. The van der Waals surface area contributed by atoms with Gasteiger partial charge >= 0.3 is 0 Å². The maximum Gasteiger partial charge on any atom is 0.260 e. The molecule has 1 aromatic rings. The Kier molecular flexibility index (Phi) is 3.81. The van der Waals surface area contributed by atoms with Crippen molar-refractivity contribution in [3.63, 3.8) is 0 Å². The van der Waals surface area contributed by atoms with Gasteiger partial charge in [-0.15, -0.1) is 0 Å². The minimum atomic E-state index is -0.521. The van der Waals surface area contributed by atoms with E-state index < -0.39 is 6.10 Å². The molecule has 1 aliphatic carbocycles. The normalized spacial score (nSPS) is 15.8. The van der Waals surface area contributed by atoms with Crippen LogP contribution in [0.25, 0.3) is 0 Å². The molecule has 5 heteroatoms. The lowest BCUT2D eigenvalue weighted by Gasteiger charge is -2.15. The monoisotopic (exact) mass is 264 g/mol. The zero-order chi connectivity index (χ0) is 13.1. The van der Waals surface area contributed by atoms with Crippen molar-refractivity contribution >= 4 is 23.1 Å². The first-order valence-corrected chi connectivity index (χ1v) is 6.34. The maximum atomic E-state index is 11.7. The molecule has 0 spiro atoms. The minimum absolute atomic E-state index is 0.0850. The van der Waals surface area contributed by atoms with Gasteiger partial charge < -0.3 is 15.8 Å². The summed E-state index contributed by atoms with van der Waals surface area (Å²) in [6, 6.07) is 7.47. The molecule has 4 nitrogen and oxygen atoms in total. The highest BCUT2D eigenvalue weighted by Gasteiger charge is 2.26. The molecule has 1 atom stereocenters. The third-order valence-electron chi connectivity index (χ3n) is 2.72. The van der Waals surface area contributed by atoms with E-state index in [0.29, 0.717) is 16.8 Å². The first kappa shape index (κ1) is 12.8. The molecule has 1 unspecified atom stereocenters. The third-order valence-corrected chi connectivity index (χ3v) is 2.96. The average Bonchev–Trinajstić information content (AvgIpc) is 3.13. The Morgan fingerprint density at radius 1 is 1.56 bits per heavy atom. The number of benzene rings is 1.